The van der Waals surface area contributed by atoms with Gasteiger partial charge in [0.2, 0.25) is 5.91 Å². The summed E-state index contributed by atoms with van der Waals surface area (Å²) in [5.74, 6) is -0.975. The molecular formula is C39H41F3N4O3S. The van der Waals surface area contributed by atoms with Crippen molar-refractivity contribution >= 4 is 35.6 Å². The van der Waals surface area contributed by atoms with Crippen LogP contribution in [0.15, 0.2) is 114 Å². The van der Waals surface area contributed by atoms with Crippen molar-refractivity contribution in [1.82, 2.24) is 9.80 Å². The van der Waals surface area contributed by atoms with Gasteiger partial charge in [0.05, 0.1) is 23.5 Å². The van der Waals surface area contributed by atoms with Gasteiger partial charge in [-0.05, 0) is 66.3 Å². The Balaban J connectivity index is 1.58. The van der Waals surface area contributed by atoms with Crippen LogP contribution in [0.2, 0.25) is 0 Å². The van der Waals surface area contributed by atoms with Gasteiger partial charge < -0.3 is 20.3 Å². The average molecular weight is 703 g/mol. The molecule has 7 nitrogen and oxygen atoms in total. The first kappa shape index (κ1) is 37.9. The van der Waals surface area contributed by atoms with Crippen molar-refractivity contribution in [2.45, 2.75) is 57.1 Å². The first-order chi connectivity index (χ1) is 23.7. The standard InChI is InChI=1S/C39H41F3N4O3S/c1-5-37(50-25-30-8-6-26(2)7-9-30)46(22-34(28(4)43)19-31-18-27(3)44-20-31)23-36(47)45(24-38(48)49)21-29-10-12-32(13-11-29)33-14-16-35(17-15-33)39(40,41)42/h5-18,20,22,27,37,43H,1,19,21,23-25H2,2-4H3,(H,48,49)/b34-22-,43-28?/t27?,37-/m0/s1. The Morgan fingerprint density at radius 3 is 2.12 bits per heavy atom. The van der Waals surface area contributed by atoms with Gasteiger partial charge in [-0.15, -0.1) is 18.3 Å². The Labute approximate surface area is 295 Å². The van der Waals surface area contributed by atoms with Crippen molar-refractivity contribution in [3.63, 3.8) is 0 Å². The Morgan fingerprint density at radius 2 is 1.60 bits per heavy atom. The number of carbonyl (C=O) groups is 2. The van der Waals surface area contributed by atoms with Crippen molar-refractivity contribution in [3.05, 3.63) is 131 Å². The molecule has 2 N–H and O–H groups in total. The zero-order valence-corrected chi connectivity index (χ0v) is 29.1. The van der Waals surface area contributed by atoms with E-state index in [9.17, 15) is 27.9 Å². The summed E-state index contributed by atoms with van der Waals surface area (Å²) < 4.78 is 39.0. The molecule has 0 bridgehead atoms. The van der Waals surface area contributed by atoms with E-state index < -0.39 is 30.2 Å². The van der Waals surface area contributed by atoms with E-state index in [0.29, 0.717) is 40.1 Å². The molecule has 262 valence electrons. The number of carboxylic acids is 1. The Morgan fingerprint density at radius 1 is 1.00 bits per heavy atom. The number of hydrogen-bond acceptors (Lipinski definition) is 6. The number of thioether (sulfide) groups is 1. The number of benzene rings is 3. The number of nitrogens with zero attached hydrogens (tertiary/aromatic N) is 3. The van der Waals surface area contributed by atoms with E-state index in [1.807, 2.05) is 44.2 Å². The highest BCUT2D eigenvalue weighted by Crippen LogP contribution is 2.31. The van der Waals surface area contributed by atoms with Gasteiger partial charge >= 0.3 is 12.1 Å². The molecule has 0 saturated carbocycles. The van der Waals surface area contributed by atoms with Crippen LogP contribution in [0, 0.1) is 12.3 Å². The zero-order valence-electron chi connectivity index (χ0n) is 28.3. The fourth-order valence-electron chi connectivity index (χ4n) is 5.31. The van der Waals surface area contributed by atoms with Crippen molar-refractivity contribution in [3.8, 4) is 11.1 Å². The van der Waals surface area contributed by atoms with E-state index in [-0.39, 0.29) is 24.5 Å². The molecule has 1 heterocycles. The summed E-state index contributed by atoms with van der Waals surface area (Å²) in [5.41, 5.74) is 5.43. The van der Waals surface area contributed by atoms with Crippen LogP contribution in [0.25, 0.3) is 11.1 Å². The van der Waals surface area contributed by atoms with Crippen LogP contribution >= 0.6 is 11.8 Å². The maximum Gasteiger partial charge on any atom is 0.416 e. The smallest absolute Gasteiger partial charge is 0.416 e. The highest BCUT2D eigenvalue weighted by atomic mass is 32.2. The van der Waals surface area contributed by atoms with Crippen LogP contribution in [0.3, 0.4) is 0 Å². The van der Waals surface area contributed by atoms with Crippen LogP contribution in [-0.2, 0) is 28.1 Å². The van der Waals surface area contributed by atoms with Gasteiger partial charge in [0.25, 0.3) is 0 Å². The Hall–Kier alpha value is -4.90. The minimum atomic E-state index is -4.43. The second-order valence-electron chi connectivity index (χ2n) is 12.2. The van der Waals surface area contributed by atoms with Crippen molar-refractivity contribution in [1.29, 1.82) is 5.41 Å². The predicted octanol–water partition coefficient (Wildman–Crippen LogP) is 8.55. The number of aliphatic carboxylic acids is 1. The van der Waals surface area contributed by atoms with Crippen LogP contribution in [-0.4, -0.2) is 63.2 Å². The first-order valence-corrected chi connectivity index (χ1v) is 17.1. The van der Waals surface area contributed by atoms with Crippen LogP contribution in [0.1, 0.15) is 42.5 Å². The predicted molar refractivity (Wildman–Crippen MR) is 195 cm³/mol. The topological polar surface area (TPSA) is 97.1 Å². The monoisotopic (exact) mass is 702 g/mol. The molecule has 50 heavy (non-hydrogen) atoms. The molecule has 1 amide bonds. The summed E-state index contributed by atoms with van der Waals surface area (Å²) in [7, 11) is 0. The number of halogens is 3. The zero-order chi connectivity index (χ0) is 36.4. The average Bonchev–Trinajstić information content (AvgIpc) is 3.49. The van der Waals surface area contributed by atoms with Crippen molar-refractivity contribution in [2.24, 2.45) is 4.99 Å². The molecule has 0 radical (unpaired) electrons. The summed E-state index contributed by atoms with van der Waals surface area (Å²) in [6, 6.07) is 20.0. The summed E-state index contributed by atoms with van der Waals surface area (Å²) in [5, 5.41) is 17.9. The Kier molecular flexibility index (Phi) is 13.0. The maximum absolute atomic E-state index is 13.9. The highest BCUT2D eigenvalue weighted by Gasteiger charge is 2.30. The van der Waals surface area contributed by atoms with E-state index in [1.165, 1.54) is 17.0 Å². The Bertz CT molecular complexity index is 1770. The van der Waals surface area contributed by atoms with Gasteiger partial charge in [-0.1, -0.05) is 78.4 Å². The number of allylic oxidation sites excluding steroid dienone is 2. The number of amides is 1. The quantitative estimate of drug-likeness (QED) is 0.0886. The van der Waals surface area contributed by atoms with Crippen LogP contribution < -0.4 is 0 Å². The maximum atomic E-state index is 13.9. The lowest BCUT2D eigenvalue weighted by Crippen LogP contribution is -2.43. The van der Waals surface area contributed by atoms with E-state index >= 15 is 0 Å². The van der Waals surface area contributed by atoms with Gasteiger partial charge in [0.1, 0.15) is 6.54 Å². The second-order valence-corrected chi connectivity index (χ2v) is 13.3. The molecule has 3 aromatic carbocycles. The summed E-state index contributed by atoms with van der Waals surface area (Å²) >= 11 is 1.56. The molecule has 1 aliphatic rings. The lowest BCUT2D eigenvalue weighted by molar-refractivity contribution is -0.145. The number of hydrogen-bond donors (Lipinski definition) is 2. The molecule has 4 rings (SSSR count). The van der Waals surface area contributed by atoms with E-state index in [2.05, 4.69) is 11.6 Å². The molecule has 2 atom stereocenters. The van der Waals surface area contributed by atoms with E-state index in [4.69, 9.17) is 5.41 Å². The summed E-state index contributed by atoms with van der Waals surface area (Å²) in [4.78, 5) is 33.3. The van der Waals surface area contributed by atoms with Gasteiger partial charge in [0.15, 0.2) is 0 Å². The third-order valence-electron chi connectivity index (χ3n) is 8.07. The molecule has 0 aromatic heterocycles. The third-order valence-corrected chi connectivity index (χ3v) is 9.37. The van der Waals surface area contributed by atoms with E-state index in [1.54, 1.807) is 66.3 Å². The lowest BCUT2D eigenvalue weighted by Gasteiger charge is -2.31. The molecular weight excluding hydrogens is 662 g/mol. The lowest BCUT2D eigenvalue weighted by atomic mass is 10.0. The van der Waals surface area contributed by atoms with Gasteiger partial charge in [0, 0.05) is 36.8 Å². The minimum Gasteiger partial charge on any atom is -0.480 e. The number of aliphatic imine (C=N–C) groups is 1. The number of carboxylic acid groups (broad SMARTS) is 1. The number of aryl methyl sites for hydroxylation is 1. The molecule has 0 saturated heterocycles. The first-order valence-electron chi connectivity index (χ1n) is 16.0. The normalized spacial score (nSPS) is 15.0. The molecule has 3 aromatic rings. The number of nitrogens with one attached hydrogen (secondary N) is 1. The molecule has 0 spiro atoms. The molecule has 0 fully saturated rings. The van der Waals surface area contributed by atoms with Gasteiger partial charge in [-0.25, -0.2) is 0 Å². The number of rotatable bonds is 16. The largest absolute Gasteiger partial charge is 0.480 e. The number of carbonyl (C=O) groups excluding carboxylic acids is 1. The number of alkyl halides is 3. The van der Waals surface area contributed by atoms with Crippen LogP contribution in [0.4, 0.5) is 13.2 Å². The third kappa shape index (κ3) is 11.1. The SMILES string of the molecule is C=C[C@H](SCc1ccc(C)cc1)N(/C=C(/CC1=CC(C)N=C1)C(C)=N)CC(=O)N(CC(=O)O)Cc1ccc(-c2ccc(C(F)(F)F)cc2)cc1. The fraction of sp³-hybridized carbons (Fsp3) is 0.282. The fourth-order valence-corrected chi connectivity index (χ4v) is 6.33. The van der Waals surface area contributed by atoms with Crippen molar-refractivity contribution < 1.29 is 27.9 Å². The molecule has 11 heteroatoms. The van der Waals surface area contributed by atoms with Gasteiger partial charge in [-0.2, -0.15) is 13.2 Å². The van der Waals surface area contributed by atoms with E-state index in [0.717, 1.165) is 28.8 Å². The summed E-state index contributed by atoms with van der Waals surface area (Å²) in [6.07, 6.45) is 3.38. The van der Waals surface area contributed by atoms with Crippen molar-refractivity contribution in [2.75, 3.05) is 13.1 Å². The second kappa shape index (κ2) is 17.2. The summed E-state index contributed by atoms with van der Waals surface area (Å²) in [6.45, 7) is 9.02. The van der Waals surface area contributed by atoms with Crippen LogP contribution in [0.5, 0.6) is 0 Å². The molecule has 1 aliphatic heterocycles. The molecule has 1 unspecified atom stereocenters. The highest BCUT2D eigenvalue weighted by molar-refractivity contribution is 7.99. The minimum absolute atomic E-state index is 0.00291. The van der Waals surface area contributed by atoms with Gasteiger partial charge in [-0.3, -0.25) is 14.6 Å². The molecule has 0 aliphatic carbocycles.